The van der Waals surface area contributed by atoms with Gasteiger partial charge in [0.25, 0.3) is 5.91 Å². The van der Waals surface area contributed by atoms with Crippen LogP contribution in [0.4, 0.5) is 0 Å². The van der Waals surface area contributed by atoms with Crippen LogP contribution in [0.1, 0.15) is 45.4 Å². The first-order chi connectivity index (χ1) is 12.1. The normalized spacial score (nSPS) is 18.0. The number of rotatable bonds is 2. The second kappa shape index (κ2) is 6.30. The van der Waals surface area contributed by atoms with Gasteiger partial charge >= 0.3 is 0 Å². The van der Waals surface area contributed by atoms with Gasteiger partial charge in [-0.05, 0) is 44.4 Å². The molecule has 1 aliphatic rings. The molecule has 1 fully saturated rings. The number of carbonyl (C=O) groups excluding carboxylic acids is 1. The first-order valence-corrected chi connectivity index (χ1v) is 9.69. The van der Waals surface area contributed by atoms with E-state index in [1.165, 1.54) is 4.88 Å². The molecule has 1 aliphatic heterocycles. The second-order valence-electron chi connectivity index (χ2n) is 6.94. The van der Waals surface area contributed by atoms with Gasteiger partial charge in [-0.1, -0.05) is 12.1 Å². The Kier molecular flexibility index (Phi) is 4.12. The molecule has 2 aromatic heterocycles. The summed E-state index contributed by atoms with van der Waals surface area (Å²) >= 11 is 1.66. The van der Waals surface area contributed by atoms with Gasteiger partial charge in [0.05, 0.1) is 16.6 Å². The molecule has 4 nitrogen and oxygen atoms in total. The van der Waals surface area contributed by atoms with Crippen LogP contribution in [0.25, 0.3) is 11.0 Å². The predicted octanol–water partition coefficient (Wildman–Crippen LogP) is 4.27. The maximum atomic E-state index is 13.0. The molecule has 0 aliphatic carbocycles. The lowest BCUT2D eigenvalue weighted by Gasteiger charge is -2.32. The number of nitrogens with zero attached hydrogens (tertiary/aromatic N) is 3. The van der Waals surface area contributed by atoms with Crippen molar-refractivity contribution in [2.24, 2.45) is 7.05 Å². The van der Waals surface area contributed by atoms with Gasteiger partial charge in [0.15, 0.2) is 0 Å². The third-order valence-corrected chi connectivity index (χ3v) is 6.42. The summed E-state index contributed by atoms with van der Waals surface area (Å²) in [7, 11) is 2.08. The lowest BCUT2D eigenvalue weighted by Crippen LogP contribution is -2.39. The topological polar surface area (TPSA) is 38.1 Å². The number of imidazole rings is 1. The number of hydrogen-bond donors (Lipinski definition) is 0. The second-order valence-corrected chi connectivity index (χ2v) is 8.02. The molecule has 1 amide bonds. The lowest BCUT2D eigenvalue weighted by atomic mass is 9.96. The van der Waals surface area contributed by atoms with Crippen molar-refractivity contribution in [2.45, 2.75) is 32.6 Å². The zero-order valence-corrected chi connectivity index (χ0v) is 15.8. The third-order valence-electron chi connectivity index (χ3n) is 5.41. The monoisotopic (exact) mass is 353 g/mol. The molecule has 0 saturated carbocycles. The number of aryl methyl sites for hydroxylation is 2. The van der Waals surface area contributed by atoms with E-state index in [-0.39, 0.29) is 5.91 Å². The summed E-state index contributed by atoms with van der Waals surface area (Å²) in [5.74, 6) is 1.57. The molecule has 130 valence electrons. The summed E-state index contributed by atoms with van der Waals surface area (Å²) in [4.78, 5) is 21.1. The van der Waals surface area contributed by atoms with Crippen molar-refractivity contribution in [1.29, 1.82) is 0 Å². The molecule has 1 atom stereocenters. The molecule has 1 saturated heterocycles. The summed E-state index contributed by atoms with van der Waals surface area (Å²) in [5, 5.41) is 2.01. The van der Waals surface area contributed by atoms with E-state index in [9.17, 15) is 4.79 Å². The molecule has 0 spiro atoms. The lowest BCUT2D eigenvalue weighted by molar-refractivity contribution is 0.0703. The largest absolute Gasteiger partial charge is 0.338 e. The number of carbonyl (C=O) groups is 1. The minimum Gasteiger partial charge on any atom is -0.338 e. The number of benzene rings is 1. The van der Waals surface area contributed by atoms with Gasteiger partial charge in [0.1, 0.15) is 5.82 Å². The van der Waals surface area contributed by atoms with Crippen LogP contribution in [0, 0.1) is 13.8 Å². The Balaban J connectivity index is 1.61. The fraction of sp³-hybridized carbons (Fsp3) is 0.400. The SMILES string of the molecule is Cc1scc(C(=O)N2CCCC(c3nc4ccccc4n3C)C2)c1C. The first kappa shape index (κ1) is 16.3. The van der Waals surface area contributed by atoms with Crippen molar-refractivity contribution in [3.05, 3.63) is 51.5 Å². The number of fused-ring (bicyclic) bond motifs is 1. The van der Waals surface area contributed by atoms with Crippen LogP contribution in [-0.4, -0.2) is 33.4 Å². The third kappa shape index (κ3) is 2.76. The van der Waals surface area contributed by atoms with Gasteiger partial charge in [-0.2, -0.15) is 0 Å². The molecule has 3 aromatic rings. The Morgan fingerprint density at radius 2 is 2.08 bits per heavy atom. The standard InChI is InChI=1S/C20H23N3OS/c1-13-14(2)25-12-16(13)20(24)23-10-6-7-15(11-23)19-21-17-8-4-5-9-18(17)22(19)3/h4-5,8-9,12,15H,6-7,10-11H2,1-3H3. The van der Waals surface area contributed by atoms with Gasteiger partial charge in [0, 0.05) is 36.3 Å². The highest BCUT2D eigenvalue weighted by Gasteiger charge is 2.29. The summed E-state index contributed by atoms with van der Waals surface area (Å²) in [6.07, 6.45) is 2.12. The fourth-order valence-corrected chi connectivity index (χ4v) is 4.66. The van der Waals surface area contributed by atoms with Crippen molar-refractivity contribution in [2.75, 3.05) is 13.1 Å². The van der Waals surface area contributed by atoms with Gasteiger partial charge in [0.2, 0.25) is 0 Å². The average Bonchev–Trinajstić information content (AvgIpc) is 3.15. The van der Waals surface area contributed by atoms with Crippen LogP contribution in [0.5, 0.6) is 0 Å². The number of likely N-dealkylation sites (tertiary alicyclic amines) is 1. The summed E-state index contributed by atoms with van der Waals surface area (Å²) in [6, 6.07) is 8.24. The maximum absolute atomic E-state index is 13.0. The first-order valence-electron chi connectivity index (χ1n) is 8.81. The number of amides is 1. The van der Waals surface area contributed by atoms with Crippen LogP contribution in [0.15, 0.2) is 29.6 Å². The van der Waals surface area contributed by atoms with Crippen molar-refractivity contribution >= 4 is 28.3 Å². The van der Waals surface area contributed by atoms with E-state index in [1.807, 2.05) is 29.3 Å². The van der Waals surface area contributed by atoms with Crippen LogP contribution >= 0.6 is 11.3 Å². The molecule has 3 heterocycles. The Bertz CT molecular complexity index is 940. The van der Waals surface area contributed by atoms with Crippen molar-refractivity contribution < 1.29 is 4.79 Å². The highest BCUT2D eigenvalue weighted by Crippen LogP contribution is 2.30. The molecule has 1 aromatic carbocycles. The number of aromatic nitrogens is 2. The van der Waals surface area contributed by atoms with Crippen molar-refractivity contribution in [1.82, 2.24) is 14.5 Å². The minimum atomic E-state index is 0.172. The minimum absolute atomic E-state index is 0.172. The maximum Gasteiger partial charge on any atom is 0.254 e. The van der Waals surface area contributed by atoms with Crippen LogP contribution in [0.2, 0.25) is 0 Å². The van der Waals surface area contributed by atoms with Gasteiger partial charge in [-0.25, -0.2) is 4.98 Å². The van der Waals surface area contributed by atoms with E-state index in [0.717, 1.165) is 53.9 Å². The number of thiophene rings is 1. The van der Waals surface area contributed by atoms with Gasteiger partial charge in [-0.3, -0.25) is 4.79 Å². The van der Waals surface area contributed by atoms with Gasteiger partial charge in [-0.15, -0.1) is 11.3 Å². The smallest absolute Gasteiger partial charge is 0.254 e. The Labute approximate surface area is 152 Å². The number of para-hydroxylation sites is 2. The zero-order chi connectivity index (χ0) is 17.6. The fourth-order valence-electron chi connectivity index (χ4n) is 3.80. The molecule has 1 unspecified atom stereocenters. The Morgan fingerprint density at radius 1 is 1.28 bits per heavy atom. The van der Waals surface area contributed by atoms with E-state index in [0.29, 0.717) is 5.92 Å². The van der Waals surface area contributed by atoms with E-state index in [4.69, 9.17) is 4.98 Å². The highest BCUT2D eigenvalue weighted by molar-refractivity contribution is 7.10. The Hall–Kier alpha value is -2.14. The van der Waals surface area contributed by atoms with Crippen molar-refractivity contribution in [3.63, 3.8) is 0 Å². The molecule has 4 rings (SSSR count). The molecule has 0 radical (unpaired) electrons. The average molecular weight is 353 g/mol. The van der Waals surface area contributed by atoms with E-state index in [1.54, 1.807) is 11.3 Å². The summed E-state index contributed by atoms with van der Waals surface area (Å²) in [6.45, 7) is 5.72. The summed E-state index contributed by atoms with van der Waals surface area (Å²) < 4.78 is 2.19. The van der Waals surface area contributed by atoms with E-state index < -0.39 is 0 Å². The molecule has 5 heteroatoms. The molecular weight excluding hydrogens is 330 g/mol. The highest BCUT2D eigenvalue weighted by atomic mass is 32.1. The van der Waals surface area contributed by atoms with Crippen LogP contribution < -0.4 is 0 Å². The molecular formula is C20H23N3OS. The Morgan fingerprint density at radius 3 is 2.80 bits per heavy atom. The number of piperidine rings is 1. The molecule has 25 heavy (non-hydrogen) atoms. The van der Waals surface area contributed by atoms with E-state index in [2.05, 4.69) is 30.7 Å². The molecule has 0 bridgehead atoms. The summed E-state index contributed by atoms with van der Waals surface area (Å²) in [5.41, 5.74) is 4.19. The van der Waals surface area contributed by atoms with Crippen LogP contribution in [0.3, 0.4) is 0 Å². The van der Waals surface area contributed by atoms with Crippen molar-refractivity contribution in [3.8, 4) is 0 Å². The molecule has 0 N–H and O–H groups in total. The van der Waals surface area contributed by atoms with E-state index >= 15 is 0 Å². The quantitative estimate of drug-likeness (QED) is 0.690. The van der Waals surface area contributed by atoms with Crippen LogP contribution in [-0.2, 0) is 7.05 Å². The number of hydrogen-bond acceptors (Lipinski definition) is 3. The zero-order valence-electron chi connectivity index (χ0n) is 15.0. The predicted molar refractivity (Wildman–Crippen MR) is 102 cm³/mol. The van der Waals surface area contributed by atoms with Gasteiger partial charge < -0.3 is 9.47 Å².